The maximum atomic E-state index is 5.33. The van der Waals surface area contributed by atoms with E-state index in [0.717, 1.165) is 28.7 Å². The molecule has 18 heavy (non-hydrogen) atoms. The maximum Gasteiger partial charge on any atom is 0.239 e. The van der Waals surface area contributed by atoms with E-state index in [9.17, 15) is 0 Å². The predicted molar refractivity (Wildman–Crippen MR) is 73.4 cm³/mol. The van der Waals surface area contributed by atoms with Crippen molar-refractivity contribution in [1.82, 2.24) is 19.7 Å². The number of rotatable bonds is 4. The molecule has 0 atom stereocenters. The average molecular weight is 311 g/mol. The predicted octanol–water partition coefficient (Wildman–Crippen LogP) is 1.84. The van der Waals surface area contributed by atoms with Gasteiger partial charge in [-0.3, -0.25) is 5.43 Å². The van der Waals surface area contributed by atoms with Crippen LogP contribution >= 0.6 is 15.9 Å². The van der Waals surface area contributed by atoms with Gasteiger partial charge in [0, 0.05) is 11.9 Å². The van der Waals surface area contributed by atoms with Gasteiger partial charge in [-0.25, -0.2) is 15.5 Å². The smallest absolute Gasteiger partial charge is 0.239 e. The first-order chi connectivity index (χ1) is 8.69. The molecule has 0 aliphatic rings. The van der Waals surface area contributed by atoms with E-state index in [1.807, 2.05) is 4.68 Å². The van der Waals surface area contributed by atoms with Gasteiger partial charge in [0.1, 0.15) is 0 Å². The van der Waals surface area contributed by atoms with E-state index in [1.54, 1.807) is 6.20 Å². The van der Waals surface area contributed by atoms with Crippen LogP contribution in [-0.4, -0.2) is 19.7 Å². The lowest BCUT2D eigenvalue weighted by atomic mass is 10.2. The summed E-state index contributed by atoms with van der Waals surface area (Å²) >= 11 is 3.44. The highest BCUT2D eigenvalue weighted by Gasteiger charge is 2.12. The molecule has 2 rings (SSSR count). The number of halogens is 1. The van der Waals surface area contributed by atoms with Gasteiger partial charge in [0.15, 0.2) is 5.82 Å². The first-order valence-corrected chi connectivity index (χ1v) is 6.56. The molecule has 0 saturated heterocycles. The molecule has 0 aliphatic heterocycles. The molecule has 2 heterocycles. The summed E-state index contributed by atoms with van der Waals surface area (Å²) in [6, 6.07) is 2.09. The van der Waals surface area contributed by atoms with Crippen molar-refractivity contribution < 1.29 is 0 Å². The van der Waals surface area contributed by atoms with Gasteiger partial charge in [-0.05, 0) is 34.8 Å². The monoisotopic (exact) mass is 310 g/mol. The number of hydrogen-bond donors (Lipinski definition) is 2. The van der Waals surface area contributed by atoms with Gasteiger partial charge in [-0.1, -0.05) is 13.8 Å². The summed E-state index contributed by atoms with van der Waals surface area (Å²) in [5.41, 5.74) is 4.59. The number of hydrogen-bond acceptors (Lipinski definition) is 5. The highest BCUT2D eigenvalue weighted by atomic mass is 79.9. The van der Waals surface area contributed by atoms with Crippen LogP contribution < -0.4 is 11.3 Å². The van der Waals surface area contributed by atoms with Crippen LogP contribution in [0.25, 0.3) is 5.82 Å². The number of nitrogen functional groups attached to an aromatic ring is 1. The summed E-state index contributed by atoms with van der Waals surface area (Å²) in [6.07, 6.45) is 3.43. The summed E-state index contributed by atoms with van der Waals surface area (Å²) in [7, 11) is 0. The fraction of sp³-hybridized carbons (Fsp3) is 0.364. The Morgan fingerprint density at radius 2 is 2.17 bits per heavy atom. The zero-order chi connectivity index (χ0) is 13.1. The first kappa shape index (κ1) is 13.0. The van der Waals surface area contributed by atoms with Gasteiger partial charge < -0.3 is 0 Å². The molecule has 0 amide bonds. The molecule has 0 radical (unpaired) electrons. The van der Waals surface area contributed by atoms with Crippen molar-refractivity contribution >= 4 is 21.9 Å². The Hall–Kier alpha value is -1.47. The van der Waals surface area contributed by atoms with Crippen molar-refractivity contribution in [3.63, 3.8) is 0 Å². The van der Waals surface area contributed by atoms with Crippen molar-refractivity contribution in [2.24, 2.45) is 5.84 Å². The molecule has 2 aromatic rings. The minimum absolute atomic E-state index is 0.365. The second-order valence-corrected chi connectivity index (χ2v) is 4.61. The minimum atomic E-state index is 0.365. The van der Waals surface area contributed by atoms with Gasteiger partial charge in [-0.15, -0.1) is 0 Å². The molecule has 2 aromatic heterocycles. The maximum absolute atomic E-state index is 5.33. The van der Waals surface area contributed by atoms with E-state index >= 15 is 0 Å². The number of nitrogens with zero attached hydrogens (tertiary/aromatic N) is 4. The fourth-order valence-corrected chi connectivity index (χ4v) is 2.02. The zero-order valence-corrected chi connectivity index (χ0v) is 11.9. The van der Waals surface area contributed by atoms with Crippen LogP contribution in [0.15, 0.2) is 16.7 Å². The minimum Gasteiger partial charge on any atom is -0.292 e. The molecule has 3 N–H and O–H groups in total. The Balaban J connectivity index is 2.56. The second kappa shape index (κ2) is 5.45. The molecule has 96 valence electrons. The van der Waals surface area contributed by atoms with Crippen LogP contribution in [0.4, 0.5) is 5.95 Å². The number of aromatic nitrogens is 4. The van der Waals surface area contributed by atoms with Crippen molar-refractivity contribution in [3.8, 4) is 5.82 Å². The van der Waals surface area contributed by atoms with Crippen LogP contribution in [0, 0.1) is 0 Å². The lowest BCUT2D eigenvalue weighted by Gasteiger charge is -2.08. The van der Waals surface area contributed by atoms with E-state index in [4.69, 9.17) is 5.84 Å². The normalized spacial score (nSPS) is 10.7. The summed E-state index contributed by atoms with van der Waals surface area (Å²) in [4.78, 5) is 8.35. The third-order valence-electron chi connectivity index (χ3n) is 2.61. The first-order valence-electron chi connectivity index (χ1n) is 5.76. The van der Waals surface area contributed by atoms with Gasteiger partial charge in [0.2, 0.25) is 5.95 Å². The lowest BCUT2D eigenvalue weighted by molar-refractivity contribution is 0.765. The highest BCUT2D eigenvalue weighted by Crippen LogP contribution is 2.21. The molecule has 0 spiro atoms. The molecule has 0 saturated carbocycles. The Kier molecular flexibility index (Phi) is 3.93. The lowest BCUT2D eigenvalue weighted by Crippen LogP contribution is -2.13. The number of nitrogens with two attached hydrogens (primary N) is 1. The van der Waals surface area contributed by atoms with Crippen LogP contribution in [0.2, 0.25) is 0 Å². The SMILES string of the molecule is CCc1cc(CC)n(-c2nc(NN)ncc2Br)n1. The third kappa shape index (κ3) is 2.37. The summed E-state index contributed by atoms with van der Waals surface area (Å²) < 4.78 is 2.60. The van der Waals surface area contributed by atoms with Crippen LogP contribution in [0.3, 0.4) is 0 Å². The molecule has 0 aromatic carbocycles. The number of aryl methyl sites for hydroxylation is 2. The highest BCUT2D eigenvalue weighted by molar-refractivity contribution is 9.10. The van der Waals surface area contributed by atoms with Crippen molar-refractivity contribution in [3.05, 3.63) is 28.1 Å². The summed E-state index contributed by atoms with van der Waals surface area (Å²) in [6.45, 7) is 4.16. The fourth-order valence-electron chi connectivity index (χ4n) is 1.66. The van der Waals surface area contributed by atoms with E-state index < -0.39 is 0 Å². The average Bonchev–Trinajstić information content (AvgIpc) is 2.82. The van der Waals surface area contributed by atoms with E-state index in [0.29, 0.717) is 11.8 Å². The van der Waals surface area contributed by atoms with E-state index in [2.05, 4.69) is 56.3 Å². The molecule has 0 unspecified atom stereocenters. The van der Waals surface area contributed by atoms with E-state index in [-0.39, 0.29) is 0 Å². The molecule has 7 heteroatoms. The zero-order valence-electron chi connectivity index (χ0n) is 10.3. The van der Waals surface area contributed by atoms with Crippen molar-refractivity contribution in [2.75, 3.05) is 5.43 Å². The van der Waals surface area contributed by atoms with Crippen molar-refractivity contribution in [2.45, 2.75) is 26.7 Å². The quantitative estimate of drug-likeness (QED) is 0.665. The van der Waals surface area contributed by atoms with Crippen LogP contribution in [-0.2, 0) is 12.8 Å². The molecule has 0 bridgehead atoms. The molecule has 6 nitrogen and oxygen atoms in total. The summed E-state index contributed by atoms with van der Waals surface area (Å²) in [5.74, 6) is 6.38. The van der Waals surface area contributed by atoms with Crippen LogP contribution in [0.1, 0.15) is 25.2 Å². The van der Waals surface area contributed by atoms with Crippen LogP contribution in [0.5, 0.6) is 0 Å². The van der Waals surface area contributed by atoms with Gasteiger partial charge in [0.05, 0.1) is 10.2 Å². The Bertz CT molecular complexity index is 550. The largest absolute Gasteiger partial charge is 0.292 e. The number of nitrogens with one attached hydrogen (secondary N) is 1. The van der Waals surface area contributed by atoms with E-state index in [1.165, 1.54) is 0 Å². The Morgan fingerprint density at radius 1 is 1.39 bits per heavy atom. The Labute approximate surface area is 114 Å². The molecular formula is C11H15BrN6. The molecule has 0 aliphatic carbocycles. The molecule has 0 fully saturated rings. The number of anilines is 1. The Morgan fingerprint density at radius 3 is 2.78 bits per heavy atom. The van der Waals surface area contributed by atoms with Gasteiger partial charge in [-0.2, -0.15) is 10.1 Å². The second-order valence-electron chi connectivity index (χ2n) is 3.76. The standard InChI is InChI=1S/C11H15BrN6/c1-3-7-5-8(4-2)18(17-7)10-9(12)6-14-11(15-10)16-13/h5-6H,3-4,13H2,1-2H3,(H,14,15,16). The topological polar surface area (TPSA) is 81.7 Å². The number of hydrazine groups is 1. The van der Waals surface area contributed by atoms with Crippen molar-refractivity contribution in [1.29, 1.82) is 0 Å². The third-order valence-corrected chi connectivity index (χ3v) is 3.17. The van der Waals surface area contributed by atoms with Gasteiger partial charge in [0.25, 0.3) is 0 Å². The summed E-state index contributed by atoms with van der Waals surface area (Å²) in [5, 5.41) is 4.53. The molecular weight excluding hydrogens is 296 g/mol. The van der Waals surface area contributed by atoms with Gasteiger partial charge >= 0.3 is 0 Å².